The van der Waals surface area contributed by atoms with Crippen LogP contribution in [0.1, 0.15) is 33.8 Å². The molecule has 37 heavy (non-hydrogen) atoms. The summed E-state index contributed by atoms with van der Waals surface area (Å²) in [5.41, 5.74) is 2.89. The van der Waals surface area contributed by atoms with Crippen LogP contribution in [-0.2, 0) is 16.1 Å². The van der Waals surface area contributed by atoms with Crippen LogP contribution >= 0.6 is 11.6 Å². The van der Waals surface area contributed by atoms with Crippen LogP contribution in [0.2, 0.25) is 5.02 Å². The molecule has 2 atom stereocenters. The monoisotopic (exact) mass is 515 g/mol. The van der Waals surface area contributed by atoms with Crippen molar-refractivity contribution in [2.45, 2.75) is 25.0 Å². The summed E-state index contributed by atoms with van der Waals surface area (Å²) in [4.78, 5) is 12.1. The lowest BCUT2D eigenvalue weighted by Gasteiger charge is -2.32. The minimum atomic E-state index is -0.392. The van der Waals surface area contributed by atoms with Crippen LogP contribution < -0.4 is 10.1 Å². The summed E-state index contributed by atoms with van der Waals surface area (Å²) in [6.07, 6.45) is 1.11. The molecule has 1 N–H and O–H groups in total. The predicted octanol–water partition coefficient (Wildman–Crippen LogP) is 6.39. The van der Waals surface area contributed by atoms with Gasteiger partial charge >= 0.3 is 5.97 Å². The van der Waals surface area contributed by atoms with Gasteiger partial charge in [-0.05, 0) is 77.3 Å². The van der Waals surface area contributed by atoms with E-state index in [9.17, 15) is 4.79 Å². The van der Waals surface area contributed by atoms with Crippen molar-refractivity contribution < 1.29 is 19.0 Å². The van der Waals surface area contributed by atoms with Gasteiger partial charge in [0.1, 0.15) is 19.0 Å². The third-order valence-electron chi connectivity index (χ3n) is 6.68. The number of fused-ring (bicyclic) bond motifs is 1. The minimum absolute atomic E-state index is 0.0965. The van der Waals surface area contributed by atoms with E-state index in [0.717, 1.165) is 25.3 Å². The first-order valence-corrected chi connectivity index (χ1v) is 13.0. The number of nitrogens with one attached hydrogen (secondary N) is 1. The predicted molar refractivity (Wildman–Crippen MR) is 146 cm³/mol. The molecule has 1 saturated heterocycles. The molecule has 0 saturated carbocycles. The van der Waals surface area contributed by atoms with Crippen molar-refractivity contribution in [3.63, 3.8) is 0 Å². The van der Waals surface area contributed by atoms with E-state index in [4.69, 9.17) is 25.8 Å². The summed E-state index contributed by atoms with van der Waals surface area (Å²) in [7, 11) is 0. The maximum absolute atomic E-state index is 12.1. The van der Waals surface area contributed by atoms with Gasteiger partial charge in [-0.2, -0.15) is 0 Å². The molecule has 190 valence electrons. The number of hydrogen-bond acceptors (Lipinski definition) is 5. The maximum atomic E-state index is 12.1. The second kappa shape index (κ2) is 12.2. The van der Waals surface area contributed by atoms with E-state index in [1.807, 2.05) is 12.1 Å². The van der Waals surface area contributed by atoms with Crippen molar-refractivity contribution in [3.05, 3.63) is 113 Å². The SMILES string of the molecule is O=C(OCCOc1ccc(C2CCNCC2OCc2ccc3ccccc3c2)cc1)c1ccc(Cl)cc1. The molecular weight excluding hydrogens is 486 g/mol. The van der Waals surface area contributed by atoms with Crippen molar-refractivity contribution >= 4 is 28.3 Å². The summed E-state index contributed by atoms with van der Waals surface area (Å²) in [6.45, 7) is 2.84. The summed E-state index contributed by atoms with van der Waals surface area (Å²) in [5.74, 6) is 0.668. The van der Waals surface area contributed by atoms with E-state index in [-0.39, 0.29) is 19.3 Å². The lowest BCUT2D eigenvalue weighted by molar-refractivity contribution is 0.0106. The Kier molecular flexibility index (Phi) is 8.36. The molecule has 6 heteroatoms. The number of carbonyl (C=O) groups excluding carboxylic acids is 1. The third kappa shape index (κ3) is 6.69. The number of ether oxygens (including phenoxy) is 3. The van der Waals surface area contributed by atoms with Crippen LogP contribution in [-0.4, -0.2) is 38.4 Å². The van der Waals surface area contributed by atoms with Gasteiger partial charge in [0.05, 0.1) is 18.3 Å². The molecule has 0 spiro atoms. The Balaban J connectivity index is 1.12. The topological polar surface area (TPSA) is 56.8 Å². The Labute approximate surface area is 222 Å². The number of piperidine rings is 1. The normalized spacial score (nSPS) is 17.4. The summed E-state index contributed by atoms with van der Waals surface area (Å²) in [5, 5.41) is 6.53. The minimum Gasteiger partial charge on any atom is -0.490 e. The first-order chi connectivity index (χ1) is 18.2. The van der Waals surface area contributed by atoms with Gasteiger partial charge in [-0.1, -0.05) is 60.1 Å². The van der Waals surface area contributed by atoms with Crippen molar-refractivity contribution in [2.24, 2.45) is 0 Å². The number of benzene rings is 4. The molecule has 0 aliphatic carbocycles. The van der Waals surface area contributed by atoms with Crippen LogP contribution in [0, 0.1) is 0 Å². The van der Waals surface area contributed by atoms with E-state index in [2.05, 4.69) is 59.9 Å². The average molecular weight is 516 g/mol. The molecule has 5 nitrogen and oxygen atoms in total. The second-order valence-corrected chi connectivity index (χ2v) is 9.63. The van der Waals surface area contributed by atoms with Crippen LogP contribution in [0.3, 0.4) is 0 Å². The number of hydrogen-bond donors (Lipinski definition) is 1. The molecule has 1 fully saturated rings. The van der Waals surface area contributed by atoms with Gasteiger partial charge in [0.2, 0.25) is 0 Å². The highest BCUT2D eigenvalue weighted by Gasteiger charge is 2.27. The van der Waals surface area contributed by atoms with Crippen molar-refractivity contribution in [1.82, 2.24) is 5.32 Å². The van der Waals surface area contributed by atoms with E-state index >= 15 is 0 Å². The molecule has 4 aromatic carbocycles. The highest BCUT2D eigenvalue weighted by molar-refractivity contribution is 6.30. The molecule has 5 rings (SSSR count). The summed E-state index contributed by atoms with van der Waals surface area (Å²) in [6, 6.07) is 29.7. The fourth-order valence-corrected chi connectivity index (χ4v) is 4.82. The average Bonchev–Trinajstić information content (AvgIpc) is 2.95. The zero-order valence-corrected chi connectivity index (χ0v) is 21.3. The molecule has 0 amide bonds. The molecule has 1 aliphatic heterocycles. The van der Waals surface area contributed by atoms with E-state index in [1.54, 1.807) is 24.3 Å². The Bertz CT molecular complexity index is 1320. The van der Waals surface area contributed by atoms with Crippen LogP contribution in [0.5, 0.6) is 5.75 Å². The fourth-order valence-electron chi connectivity index (χ4n) is 4.69. The van der Waals surface area contributed by atoms with Gasteiger partial charge in [0.25, 0.3) is 0 Å². The van der Waals surface area contributed by atoms with Crippen molar-refractivity contribution in [2.75, 3.05) is 26.3 Å². The van der Waals surface area contributed by atoms with E-state index in [1.165, 1.54) is 21.9 Å². The molecule has 1 heterocycles. The van der Waals surface area contributed by atoms with E-state index < -0.39 is 5.97 Å². The highest BCUT2D eigenvalue weighted by Crippen LogP contribution is 2.30. The number of carbonyl (C=O) groups is 1. The van der Waals surface area contributed by atoms with Gasteiger partial charge in [-0.15, -0.1) is 0 Å². The number of halogens is 1. The molecule has 0 aromatic heterocycles. The Morgan fingerprint density at radius 2 is 1.68 bits per heavy atom. The Morgan fingerprint density at radius 1 is 0.892 bits per heavy atom. The summed E-state index contributed by atoms with van der Waals surface area (Å²) < 4.78 is 17.5. The van der Waals surface area contributed by atoms with Crippen LogP contribution in [0.25, 0.3) is 10.8 Å². The Hall–Kier alpha value is -3.38. The van der Waals surface area contributed by atoms with Crippen LogP contribution in [0.15, 0.2) is 91.0 Å². The zero-order valence-electron chi connectivity index (χ0n) is 20.6. The molecule has 1 aliphatic rings. The number of esters is 1. The van der Waals surface area contributed by atoms with Crippen LogP contribution in [0.4, 0.5) is 0 Å². The number of rotatable bonds is 9. The van der Waals surface area contributed by atoms with Crippen molar-refractivity contribution in [3.8, 4) is 5.75 Å². The molecular formula is C31H30ClNO4. The molecule has 4 aromatic rings. The third-order valence-corrected chi connectivity index (χ3v) is 6.93. The lowest BCUT2D eigenvalue weighted by Crippen LogP contribution is -2.40. The van der Waals surface area contributed by atoms with Gasteiger partial charge in [0.15, 0.2) is 0 Å². The lowest BCUT2D eigenvalue weighted by atomic mass is 9.87. The molecule has 0 bridgehead atoms. The first-order valence-electron chi connectivity index (χ1n) is 12.6. The smallest absolute Gasteiger partial charge is 0.338 e. The zero-order chi connectivity index (χ0) is 25.5. The maximum Gasteiger partial charge on any atom is 0.338 e. The van der Waals surface area contributed by atoms with Gasteiger partial charge in [0, 0.05) is 17.5 Å². The fraction of sp³-hybridized carbons (Fsp3) is 0.258. The van der Waals surface area contributed by atoms with Gasteiger partial charge < -0.3 is 19.5 Å². The van der Waals surface area contributed by atoms with Gasteiger partial charge in [-0.3, -0.25) is 0 Å². The quantitative estimate of drug-likeness (QED) is 0.207. The standard InChI is InChI=1S/C31H30ClNO4/c32-27-11-7-25(8-12-27)31(34)36-18-17-35-28-13-9-24(10-14-28)29-15-16-33-20-30(29)37-21-22-5-6-23-3-1-2-4-26(23)19-22/h1-14,19,29-30,33H,15-18,20-21H2. The highest BCUT2D eigenvalue weighted by atomic mass is 35.5. The second-order valence-electron chi connectivity index (χ2n) is 9.19. The molecule has 0 radical (unpaired) electrons. The first kappa shape index (κ1) is 25.3. The largest absolute Gasteiger partial charge is 0.490 e. The van der Waals surface area contributed by atoms with E-state index in [0.29, 0.717) is 23.1 Å². The van der Waals surface area contributed by atoms with Crippen molar-refractivity contribution in [1.29, 1.82) is 0 Å². The van der Waals surface area contributed by atoms with Gasteiger partial charge in [-0.25, -0.2) is 4.79 Å². The summed E-state index contributed by atoms with van der Waals surface area (Å²) >= 11 is 5.86. The molecule has 2 unspecified atom stereocenters. The Morgan fingerprint density at radius 3 is 2.49 bits per heavy atom.